The number of benzene rings is 4. The molecule has 0 aromatic heterocycles. The molecule has 6 heteroatoms. The van der Waals surface area contributed by atoms with E-state index in [0.29, 0.717) is 10.8 Å². The van der Waals surface area contributed by atoms with E-state index >= 15 is 0 Å². The number of fused-ring (bicyclic) bond motifs is 1. The van der Waals surface area contributed by atoms with Crippen LogP contribution in [0.25, 0.3) is 10.8 Å². The van der Waals surface area contributed by atoms with Crippen LogP contribution < -0.4 is 4.74 Å². The van der Waals surface area contributed by atoms with Crippen molar-refractivity contribution in [2.45, 2.75) is 13.5 Å². The number of rotatable bonds is 6. The van der Waals surface area contributed by atoms with Gasteiger partial charge in [-0.05, 0) is 59.2 Å². The van der Waals surface area contributed by atoms with Crippen molar-refractivity contribution in [3.8, 4) is 5.75 Å². The van der Waals surface area contributed by atoms with Crippen LogP contribution in [-0.4, -0.2) is 11.1 Å². The summed E-state index contributed by atoms with van der Waals surface area (Å²) in [6.45, 7) is 2.23. The minimum atomic E-state index is -0.417. The van der Waals surface area contributed by atoms with Gasteiger partial charge in [0.05, 0.1) is 10.6 Å². The number of ether oxygens (including phenoxy) is 1. The zero-order valence-corrected chi connectivity index (χ0v) is 17.5. The molecular formula is C25H19ClN2O3. The number of non-ortho nitro benzene ring substituents is 1. The molecule has 0 amide bonds. The van der Waals surface area contributed by atoms with Gasteiger partial charge in [-0.2, -0.15) is 0 Å². The van der Waals surface area contributed by atoms with Crippen LogP contribution in [0.15, 0.2) is 83.9 Å². The van der Waals surface area contributed by atoms with Crippen molar-refractivity contribution in [2.24, 2.45) is 4.99 Å². The lowest BCUT2D eigenvalue weighted by Gasteiger charge is -2.12. The van der Waals surface area contributed by atoms with E-state index in [4.69, 9.17) is 16.3 Å². The average molecular weight is 431 g/mol. The van der Waals surface area contributed by atoms with Gasteiger partial charge in [0.25, 0.3) is 5.69 Å². The second-order valence-corrected chi connectivity index (χ2v) is 7.51. The van der Waals surface area contributed by atoms with Gasteiger partial charge in [0.15, 0.2) is 0 Å². The Balaban J connectivity index is 1.65. The molecule has 0 unspecified atom stereocenters. The van der Waals surface area contributed by atoms with Crippen molar-refractivity contribution in [1.29, 1.82) is 0 Å². The number of hydrogen-bond donors (Lipinski definition) is 0. The van der Waals surface area contributed by atoms with Gasteiger partial charge >= 0.3 is 0 Å². The summed E-state index contributed by atoms with van der Waals surface area (Å²) in [6.07, 6.45) is 1.79. The van der Waals surface area contributed by atoms with E-state index in [1.807, 2.05) is 61.5 Å². The first kappa shape index (κ1) is 20.6. The lowest BCUT2D eigenvalue weighted by Crippen LogP contribution is -1.99. The number of nitro benzene ring substituents is 1. The molecule has 0 atom stereocenters. The first-order valence-electron chi connectivity index (χ1n) is 9.69. The van der Waals surface area contributed by atoms with Gasteiger partial charge in [0.2, 0.25) is 0 Å². The van der Waals surface area contributed by atoms with E-state index in [2.05, 4.69) is 4.99 Å². The molecule has 31 heavy (non-hydrogen) atoms. The molecule has 0 heterocycles. The Morgan fingerprint density at radius 2 is 1.81 bits per heavy atom. The minimum Gasteiger partial charge on any atom is -0.488 e. The Kier molecular flexibility index (Phi) is 5.96. The highest BCUT2D eigenvalue weighted by Crippen LogP contribution is 2.29. The summed E-state index contributed by atoms with van der Waals surface area (Å²) in [5, 5.41) is 13.6. The van der Waals surface area contributed by atoms with Crippen LogP contribution in [0.5, 0.6) is 5.75 Å². The van der Waals surface area contributed by atoms with E-state index in [-0.39, 0.29) is 12.3 Å². The topological polar surface area (TPSA) is 64.7 Å². The molecule has 0 bridgehead atoms. The molecule has 0 fully saturated rings. The van der Waals surface area contributed by atoms with Crippen LogP contribution in [0.2, 0.25) is 5.02 Å². The molecule has 4 aromatic carbocycles. The summed E-state index contributed by atoms with van der Waals surface area (Å²) in [5.74, 6) is 0.680. The second-order valence-electron chi connectivity index (χ2n) is 7.10. The molecule has 0 aliphatic rings. The molecule has 0 aliphatic carbocycles. The number of aliphatic imine (C=N–C) groups is 1. The SMILES string of the molecule is Cc1ccc(N=Cc2c(OCc3ccc([N+](=O)[O-])cc3)ccc3ccccc23)cc1Cl. The number of nitrogens with zero attached hydrogens (tertiary/aromatic N) is 2. The maximum Gasteiger partial charge on any atom is 0.269 e. The lowest BCUT2D eigenvalue weighted by atomic mass is 10.0. The Labute approximate surface area is 184 Å². The van der Waals surface area contributed by atoms with Gasteiger partial charge in [-0.15, -0.1) is 0 Å². The maximum absolute atomic E-state index is 10.8. The van der Waals surface area contributed by atoms with E-state index in [1.165, 1.54) is 12.1 Å². The summed E-state index contributed by atoms with van der Waals surface area (Å²) >= 11 is 6.23. The molecule has 0 saturated heterocycles. The summed E-state index contributed by atoms with van der Waals surface area (Å²) in [6, 6.07) is 24.0. The van der Waals surface area contributed by atoms with Crippen molar-refractivity contribution in [1.82, 2.24) is 0 Å². The van der Waals surface area contributed by atoms with Gasteiger partial charge in [0.1, 0.15) is 12.4 Å². The van der Waals surface area contributed by atoms with Crippen molar-refractivity contribution >= 4 is 40.0 Å². The number of halogens is 1. The Morgan fingerprint density at radius 1 is 1.03 bits per heavy atom. The normalized spacial score (nSPS) is 11.2. The van der Waals surface area contributed by atoms with E-state index in [0.717, 1.165) is 33.2 Å². The van der Waals surface area contributed by atoms with Crippen LogP contribution in [-0.2, 0) is 6.61 Å². The minimum absolute atomic E-state index is 0.0547. The highest BCUT2D eigenvalue weighted by Gasteiger charge is 2.09. The van der Waals surface area contributed by atoms with Crippen molar-refractivity contribution < 1.29 is 9.66 Å². The van der Waals surface area contributed by atoms with Gasteiger partial charge < -0.3 is 4.74 Å². The second kappa shape index (κ2) is 8.98. The van der Waals surface area contributed by atoms with E-state index < -0.39 is 4.92 Å². The third-order valence-electron chi connectivity index (χ3n) is 4.97. The van der Waals surface area contributed by atoms with Crippen LogP contribution in [0.4, 0.5) is 11.4 Å². The summed E-state index contributed by atoms with van der Waals surface area (Å²) < 4.78 is 6.08. The summed E-state index contributed by atoms with van der Waals surface area (Å²) in [7, 11) is 0. The van der Waals surface area contributed by atoms with Gasteiger partial charge in [0, 0.05) is 28.9 Å². The zero-order chi connectivity index (χ0) is 21.8. The molecule has 0 spiro atoms. The molecule has 154 valence electrons. The van der Waals surface area contributed by atoms with Gasteiger partial charge in [-0.3, -0.25) is 15.1 Å². The number of nitro groups is 1. The smallest absolute Gasteiger partial charge is 0.269 e. The first-order chi connectivity index (χ1) is 15.0. The zero-order valence-electron chi connectivity index (χ0n) is 16.8. The lowest BCUT2D eigenvalue weighted by molar-refractivity contribution is -0.384. The highest BCUT2D eigenvalue weighted by atomic mass is 35.5. The highest BCUT2D eigenvalue weighted by molar-refractivity contribution is 6.31. The maximum atomic E-state index is 10.8. The van der Waals surface area contributed by atoms with Gasteiger partial charge in [-0.1, -0.05) is 48.0 Å². The van der Waals surface area contributed by atoms with Crippen molar-refractivity contribution in [3.05, 3.63) is 111 Å². The van der Waals surface area contributed by atoms with Crippen molar-refractivity contribution in [2.75, 3.05) is 0 Å². The van der Waals surface area contributed by atoms with Crippen LogP contribution in [0.3, 0.4) is 0 Å². The van der Waals surface area contributed by atoms with E-state index in [1.54, 1.807) is 18.3 Å². The van der Waals surface area contributed by atoms with Crippen LogP contribution in [0.1, 0.15) is 16.7 Å². The van der Waals surface area contributed by atoms with Gasteiger partial charge in [-0.25, -0.2) is 0 Å². The number of aryl methyl sites for hydroxylation is 1. The molecule has 0 aliphatic heterocycles. The molecule has 0 N–H and O–H groups in total. The molecule has 4 rings (SSSR count). The Morgan fingerprint density at radius 3 is 2.55 bits per heavy atom. The predicted molar refractivity (Wildman–Crippen MR) is 125 cm³/mol. The first-order valence-corrected chi connectivity index (χ1v) is 10.1. The van der Waals surface area contributed by atoms with Crippen molar-refractivity contribution in [3.63, 3.8) is 0 Å². The molecule has 5 nitrogen and oxygen atoms in total. The molecule has 0 radical (unpaired) electrons. The standard InChI is InChI=1S/C25H19ClN2O3/c1-17-6-10-20(14-24(17)26)27-15-23-22-5-3-2-4-19(22)9-13-25(23)31-16-18-7-11-21(12-8-18)28(29)30/h2-15H,16H2,1H3. The predicted octanol–water partition coefficient (Wildman–Crippen LogP) is 7.04. The van der Waals surface area contributed by atoms with E-state index in [9.17, 15) is 10.1 Å². The average Bonchev–Trinajstić information content (AvgIpc) is 2.79. The largest absolute Gasteiger partial charge is 0.488 e. The molecule has 4 aromatic rings. The Hall–Kier alpha value is -3.70. The van der Waals surface area contributed by atoms with Crippen LogP contribution in [0, 0.1) is 17.0 Å². The summed E-state index contributed by atoms with van der Waals surface area (Å²) in [5.41, 5.74) is 3.51. The third-order valence-corrected chi connectivity index (χ3v) is 5.38. The fourth-order valence-electron chi connectivity index (χ4n) is 3.21. The summed E-state index contributed by atoms with van der Waals surface area (Å²) in [4.78, 5) is 15.0. The fourth-order valence-corrected chi connectivity index (χ4v) is 3.39. The quantitative estimate of drug-likeness (QED) is 0.187. The molecule has 0 saturated carbocycles. The Bertz CT molecular complexity index is 1280. The number of hydrogen-bond acceptors (Lipinski definition) is 4. The fraction of sp³-hybridized carbons (Fsp3) is 0.0800. The molecular weight excluding hydrogens is 412 g/mol. The van der Waals surface area contributed by atoms with Crippen LogP contribution >= 0.6 is 11.6 Å². The third kappa shape index (κ3) is 4.73. The monoisotopic (exact) mass is 430 g/mol.